The van der Waals surface area contributed by atoms with E-state index in [0.717, 1.165) is 22.4 Å². The van der Waals surface area contributed by atoms with Gasteiger partial charge in [-0.25, -0.2) is 14.6 Å². The molecule has 0 spiro atoms. The molecule has 0 radical (unpaired) electrons. The molecule has 0 bridgehead atoms. The van der Waals surface area contributed by atoms with Crippen molar-refractivity contribution in [3.05, 3.63) is 42.2 Å². The van der Waals surface area contributed by atoms with Gasteiger partial charge in [0.05, 0.1) is 11.0 Å². The van der Waals surface area contributed by atoms with Gasteiger partial charge in [0.15, 0.2) is 0 Å². The van der Waals surface area contributed by atoms with Gasteiger partial charge in [-0.15, -0.1) is 0 Å². The van der Waals surface area contributed by atoms with Gasteiger partial charge < -0.3 is 10.3 Å². The number of hydrogen-bond donors (Lipinski definition) is 1. The van der Waals surface area contributed by atoms with Gasteiger partial charge in [0.25, 0.3) is 0 Å². The lowest BCUT2D eigenvalue weighted by atomic mass is 10.2. The summed E-state index contributed by atoms with van der Waals surface area (Å²) in [6.45, 7) is 2.59. The SMILES string of the molecule is CC(c1nc2ccc(CN)cc2n1C)n1cncn1. The van der Waals surface area contributed by atoms with Crippen LogP contribution in [0.4, 0.5) is 0 Å². The fraction of sp³-hybridized carbons (Fsp3) is 0.308. The lowest BCUT2D eigenvalue weighted by molar-refractivity contribution is 0.522. The summed E-state index contributed by atoms with van der Waals surface area (Å²) in [5, 5.41) is 4.17. The molecule has 3 aromatic rings. The summed E-state index contributed by atoms with van der Waals surface area (Å²) < 4.78 is 3.88. The van der Waals surface area contributed by atoms with Crippen molar-refractivity contribution in [2.45, 2.75) is 19.5 Å². The maximum Gasteiger partial charge on any atom is 0.137 e. The molecule has 2 heterocycles. The van der Waals surface area contributed by atoms with E-state index in [1.807, 2.05) is 19.2 Å². The van der Waals surface area contributed by atoms with Crippen molar-refractivity contribution in [3.63, 3.8) is 0 Å². The van der Waals surface area contributed by atoms with Crippen molar-refractivity contribution < 1.29 is 0 Å². The molecule has 1 unspecified atom stereocenters. The number of imidazole rings is 1. The maximum absolute atomic E-state index is 5.68. The fourth-order valence-corrected chi connectivity index (χ4v) is 2.29. The minimum atomic E-state index is 0.0428. The summed E-state index contributed by atoms with van der Waals surface area (Å²) >= 11 is 0. The Kier molecular flexibility index (Phi) is 2.79. The van der Waals surface area contributed by atoms with Crippen LogP contribution in [0.15, 0.2) is 30.9 Å². The first-order valence-electron chi connectivity index (χ1n) is 6.20. The predicted molar refractivity (Wildman–Crippen MR) is 72.4 cm³/mol. The second-order valence-corrected chi connectivity index (χ2v) is 4.61. The zero-order chi connectivity index (χ0) is 13.4. The van der Waals surface area contributed by atoms with Crippen molar-refractivity contribution in [2.75, 3.05) is 0 Å². The molecule has 1 aromatic carbocycles. The van der Waals surface area contributed by atoms with E-state index in [-0.39, 0.29) is 6.04 Å². The smallest absolute Gasteiger partial charge is 0.137 e. The van der Waals surface area contributed by atoms with Crippen molar-refractivity contribution in [1.29, 1.82) is 0 Å². The summed E-state index contributed by atoms with van der Waals surface area (Å²) in [6, 6.07) is 6.15. The number of aromatic nitrogens is 5. The number of nitrogens with two attached hydrogens (primary N) is 1. The molecule has 1 atom stereocenters. The molecule has 2 N–H and O–H groups in total. The normalized spacial score (nSPS) is 13.0. The second kappa shape index (κ2) is 4.47. The van der Waals surface area contributed by atoms with Gasteiger partial charge in [-0.3, -0.25) is 0 Å². The van der Waals surface area contributed by atoms with E-state index in [4.69, 9.17) is 5.73 Å². The van der Waals surface area contributed by atoms with Gasteiger partial charge in [-0.2, -0.15) is 5.10 Å². The molecular weight excluding hydrogens is 240 g/mol. The van der Waals surface area contributed by atoms with E-state index < -0.39 is 0 Å². The Labute approximate surface area is 110 Å². The molecule has 2 aromatic heterocycles. The lowest BCUT2D eigenvalue weighted by Gasteiger charge is -2.11. The molecule has 0 saturated carbocycles. The van der Waals surface area contributed by atoms with Gasteiger partial charge >= 0.3 is 0 Å². The molecular formula is C13H16N6. The number of fused-ring (bicyclic) bond motifs is 1. The lowest BCUT2D eigenvalue weighted by Crippen LogP contribution is -2.12. The minimum Gasteiger partial charge on any atom is -0.329 e. The van der Waals surface area contributed by atoms with Crippen molar-refractivity contribution >= 4 is 11.0 Å². The van der Waals surface area contributed by atoms with Crippen molar-refractivity contribution in [2.24, 2.45) is 12.8 Å². The second-order valence-electron chi connectivity index (χ2n) is 4.61. The first-order chi connectivity index (χ1) is 9.20. The van der Waals surface area contributed by atoms with E-state index >= 15 is 0 Å². The highest BCUT2D eigenvalue weighted by Crippen LogP contribution is 2.22. The average Bonchev–Trinajstić information content (AvgIpc) is 3.06. The van der Waals surface area contributed by atoms with Crippen LogP contribution < -0.4 is 5.73 Å². The zero-order valence-corrected chi connectivity index (χ0v) is 11.0. The first-order valence-corrected chi connectivity index (χ1v) is 6.20. The van der Waals surface area contributed by atoms with E-state index in [0.29, 0.717) is 6.54 Å². The molecule has 19 heavy (non-hydrogen) atoms. The van der Waals surface area contributed by atoms with Crippen LogP contribution in [0.2, 0.25) is 0 Å². The number of aryl methyl sites for hydroxylation is 1. The van der Waals surface area contributed by atoms with E-state index in [1.165, 1.54) is 6.33 Å². The van der Waals surface area contributed by atoms with Crippen LogP contribution in [0.25, 0.3) is 11.0 Å². The highest BCUT2D eigenvalue weighted by Gasteiger charge is 2.16. The Balaban J connectivity index is 2.12. The Morgan fingerprint density at radius 3 is 2.89 bits per heavy atom. The number of benzene rings is 1. The standard InChI is InChI=1S/C13H16N6/c1-9(19-8-15-7-16-19)13-17-11-4-3-10(6-14)5-12(11)18(13)2/h3-5,7-9H,6,14H2,1-2H3. The van der Waals surface area contributed by atoms with E-state index in [1.54, 1.807) is 11.0 Å². The molecule has 3 rings (SSSR count). The third-order valence-corrected chi connectivity index (χ3v) is 3.42. The summed E-state index contributed by atoms with van der Waals surface area (Å²) in [4.78, 5) is 8.66. The van der Waals surface area contributed by atoms with Gasteiger partial charge in [0.1, 0.15) is 24.5 Å². The Morgan fingerprint density at radius 1 is 1.37 bits per heavy atom. The minimum absolute atomic E-state index is 0.0428. The molecule has 6 heteroatoms. The van der Waals surface area contributed by atoms with Gasteiger partial charge in [0.2, 0.25) is 0 Å². The highest BCUT2D eigenvalue weighted by atomic mass is 15.3. The van der Waals surface area contributed by atoms with E-state index in [9.17, 15) is 0 Å². The maximum atomic E-state index is 5.68. The summed E-state index contributed by atoms with van der Waals surface area (Å²) in [5.74, 6) is 0.953. The molecule has 0 saturated heterocycles. The average molecular weight is 256 g/mol. The fourth-order valence-electron chi connectivity index (χ4n) is 2.29. The van der Waals surface area contributed by atoms with Crippen LogP contribution in [0.1, 0.15) is 24.4 Å². The summed E-state index contributed by atoms with van der Waals surface area (Å²) in [7, 11) is 2.01. The number of rotatable bonds is 3. The highest BCUT2D eigenvalue weighted by molar-refractivity contribution is 5.77. The third kappa shape index (κ3) is 1.90. The Bertz CT molecular complexity index is 697. The number of hydrogen-bond acceptors (Lipinski definition) is 4. The van der Waals surface area contributed by atoms with Crippen LogP contribution in [0.3, 0.4) is 0 Å². The summed E-state index contributed by atoms with van der Waals surface area (Å²) in [5.41, 5.74) is 8.85. The largest absolute Gasteiger partial charge is 0.329 e. The van der Waals surface area contributed by atoms with Gasteiger partial charge in [-0.1, -0.05) is 6.07 Å². The van der Waals surface area contributed by atoms with Crippen molar-refractivity contribution in [1.82, 2.24) is 24.3 Å². The summed E-state index contributed by atoms with van der Waals surface area (Å²) in [6.07, 6.45) is 3.24. The van der Waals surface area contributed by atoms with Crippen LogP contribution >= 0.6 is 0 Å². The Morgan fingerprint density at radius 2 is 2.21 bits per heavy atom. The monoisotopic (exact) mass is 256 g/mol. The molecule has 0 fully saturated rings. The molecule has 98 valence electrons. The third-order valence-electron chi connectivity index (χ3n) is 3.42. The number of nitrogens with zero attached hydrogens (tertiary/aromatic N) is 5. The predicted octanol–water partition coefficient (Wildman–Crippen LogP) is 1.23. The van der Waals surface area contributed by atoms with Crippen LogP contribution in [0.5, 0.6) is 0 Å². The quantitative estimate of drug-likeness (QED) is 0.765. The Hall–Kier alpha value is -2.21. The van der Waals surface area contributed by atoms with E-state index in [2.05, 4.69) is 32.6 Å². The first kappa shape index (κ1) is 11.9. The topological polar surface area (TPSA) is 74.5 Å². The molecule has 0 amide bonds. The molecule has 0 aliphatic rings. The van der Waals surface area contributed by atoms with Crippen LogP contribution in [-0.2, 0) is 13.6 Å². The zero-order valence-electron chi connectivity index (χ0n) is 11.0. The van der Waals surface area contributed by atoms with Crippen molar-refractivity contribution in [3.8, 4) is 0 Å². The molecule has 6 nitrogen and oxygen atoms in total. The molecule has 0 aliphatic heterocycles. The van der Waals surface area contributed by atoms with Gasteiger partial charge in [-0.05, 0) is 24.6 Å². The van der Waals surface area contributed by atoms with Crippen LogP contribution in [-0.4, -0.2) is 24.3 Å². The van der Waals surface area contributed by atoms with Gasteiger partial charge in [0, 0.05) is 13.6 Å². The molecule has 0 aliphatic carbocycles. The van der Waals surface area contributed by atoms with Crippen LogP contribution in [0, 0.1) is 0 Å².